The molecule has 2 amide bonds. The summed E-state index contributed by atoms with van der Waals surface area (Å²) in [6.07, 6.45) is 0.156. The van der Waals surface area contributed by atoms with E-state index >= 15 is 0 Å². The van der Waals surface area contributed by atoms with Gasteiger partial charge in [0.25, 0.3) is 5.91 Å². The number of para-hydroxylation sites is 1. The summed E-state index contributed by atoms with van der Waals surface area (Å²) in [6.45, 7) is 0.250. The van der Waals surface area contributed by atoms with Crippen molar-refractivity contribution in [1.29, 1.82) is 0 Å². The highest BCUT2D eigenvalue weighted by atomic mass is 32.2. The van der Waals surface area contributed by atoms with Crippen LogP contribution in [0.15, 0.2) is 48.5 Å². The third-order valence-electron chi connectivity index (χ3n) is 4.71. The average Bonchev–Trinajstić information content (AvgIpc) is 2.94. The number of hydrogen-bond donors (Lipinski definition) is 0. The van der Waals surface area contributed by atoms with E-state index in [-0.39, 0.29) is 48.1 Å². The third-order valence-corrected chi connectivity index (χ3v) is 6.40. The van der Waals surface area contributed by atoms with Crippen LogP contribution < -0.4 is 9.21 Å². The largest absolute Gasteiger partial charge is 0.307 e. The van der Waals surface area contributed by atoms with Gasteiger partial charge in [-0.25, -0.2) is 12.7 Å². The Morgan fingerprint density at radius 3 is 2.48 bits per heavy atom. The molecule has 2 aliphatic heterocycles. The van der Waals surface area contributed by atoms with Crippen molar-refractivity contribution in [3.63, 3.8) is 0 Å². The summed E-state index contributed by atoms with van der Waals surface area (Å²) < 4.78 is 25.0. The Morgan fingerprint density at radius 1 is 0.963 bits per heavy atom. The van der Waals surface area contributed by atoms with Gasteiger partial charge in [0.15, 0.2) is 5.78 Å². The van der Waals surface area contributed by atoms with Gasteiger partial charge in [0, 0.05) is 30.5 Å². The molecule has 1 fully saturated rings. The lowest BCUT2D eigenvalue weighted by Gasteiger charge is -2.29. The summed E-state index contributed by atoms with van der Waals surface area (Å²) in [7, 11) is -3.70. The lowest BCUT2D eigenvalue weighted by Crippen LogP contribution is -2.37. The molecule has 0 radical (unpaired) electrons. The van der Waals surface area contributed by atoms with Crippen LogP contribution in [-0.2, 0) is 14.8 Å². The maximum atomic E-state index is 13.0. The fourth-order valence-corrected chi connectivity index (χ4v) is 4.87. The van der Waals surface area contributed by atoms with E-state index in [0.717, 1.165) is 4.31 Å². The number of Topliss-reactive ketones (excluding diaryl/α,β-unsaturated/α-hetero) is 1. The van der Waals surface area contributed by atoms with Gasteiger partial charge in [-0.05, 0) is 30.3 Å². The topological polar surface area (TPSA) is 91.8 Å². The summed E-state index contributed by atoms with van der Waals surface area (Å²) in [4.78, 5) is 38.6. The number of carbonyl (C=O) groups is 3. The number of fused-ring (bicyclic) bond motifs is 1. The second-order valence-electron chi connectivity index (χ2n) is 6.42. The highest BCUT2D eigenvalue weighted by Crippen LogP contribution is 2.30. The number of carbonyl (C=O) groups excluding carboxylic acids is 3. The molecule has 0 aliphatic carbocycles. The maximum absolute atomic E-state index is 13.0. The molecule has 0 bridgehead atoms. The van der Waals surface area contributed by atoms with Crippen molar-refractivity contribution >= 4 is 39.0 Å². The fraction of sp³-hybridized carbons (Fsp3) is 0.211. The minimum atomic E-state index is -3.70. The SMILES string of the molecule is O=C1CCN(C(=O)c2cccc(N3C(=O)CCS3(=O)=O)c2)c2ccccc21. The van der Waals surface area contributed by atoms with Crippen molar-refractivity contribution in [2.24, 2.45) is 0 Å². The molecule has 0 unspecified atom stereocenters. The van der Waals surface area contributed by atoms with Gasteiger partial charge in [0.05, 0.1) is 17.1 Å². The van der Waals surface area contributed by atoms with Crippen LogP contribution in [0.1, 0.15) is 33.6 Å². The molecule has 1 saturated heterocycles. The van der Waals surface area contributed by atoms with Gasteiger partial charge in [-0.15, -0.1) is 0 Å². The Morgan fingerprint density at radius 2 is 1.74 bits per heavy atom. The van der Waals surface area contributed by atoms with E-state index in [1.54, 1.807) is 36.4 Å². The Labute approximate surface area is 156 Å². The summed E-state index contributed by atoms with van der Waals surface area (Å²) in [5.74, 6) is -1.10. The predicted octanol–water partition coefficient (Wildman–Crippen LogP) is 1.99. The van der Waals surface area contributed by atoms with Gasteiger partial charge >= 0.3 is 0 Å². The molecule has 2 aromatic rings. The molecule has 2 heterocycles. The molecule has 2 aromatic carbocycles. The van der Waals surface area contributed by atoms with Crippen molar-refractivity contribution < 1.29 is 22.8 Å². The van der Waals surface area contributed by atoms with Gasteiger partial charge in [0.1, 0.15) is 0 Å². The Bertz CT molecular complexity index is 1080. The average molecular weight is 384 g/mol. The van der Waals surface area contributed by atoms with Crippen LogP contribution in [0.2, 0.25) is 0 Å². The Kier molecular flexibility index (Phi) is 4.07. The zero-order valence-corrected chi connectivity index (χ0v) is 15.1. The van der Waals surface area contributed by atoms with Crippen LogP contribution in [0, 0.1) is 0 Å². The number of nitrogens with zero attached hydrogens (tertiary/aromatic N) is 2. The number of ketones is 1. The van der Waals surface area contributed by atoms with E-state index in [1.165, 1.54) is 17.0 Å². The minimum absolute atomic E-state index is 0.0165. The van der Waals surface area contributed by atoms with E-state index < -0.39 is 15.9 Å². The first kappa shape index (κ1) is 17.4. The minimum Gasteiger partial charge on any atom is -0.307 e. The first-order chi connectivity index (χ1) is 12.9. The van der Waals surface area contributed by atoms with Crippen molar-refractivity contribution in [3.05, 3.63) is 59.7 Å². The molecule has 4 rings (SSSR count). The van der Waals surface area contributed by atoms with E-state index in [2.05, 4.69) is 0 Å². The molecule has 0 saturated carbocycles. The number of sulfonamides is 1. The standard InChI is InChI=1S/C19H16N2O5S/c22-17-8-10-20(16-7-2-1-6-15(16)17)19(24)13-4-3-5-14(12-13)21-18(23)9-11-27(21,25)26/h1-7,12H,8-11H2. The van der Waals surface area contributed by atoms with Crippen molar-refractivity contribution in [3.8, 4) is 0 Å². The highest BCUT2D eigenvalue weighted by molar-refractivity contribution is 7.94. The smallest absolute Gasteiger partial charge is 0.258 e. The van der Waals surface area contributed by atoms with Gasteiger partial charge in [-0.2, -0.15) is 0 Å². The first-order valence-corrected chi connectivity index (χ1v) is 10.1. The van der Waals surface area contributed by atoms with Crippen molar-refractivity contribution in [2.45, 2.75) is 12.8 Å². The summed E-state index contributed by atoms with van der Waals surface area (Å²) in [5, 5.41) is 0. The van der Waals surface area contributed by atoms with E-state index in [9.17, 15) is 22.8 Å². The number of benzene rings is 2. The summed E-state index contributed by atoms with van der Waals surface area (Å²) in [5.41, 5.74) is 1.44. The first-order valence-electron chi connectivity index (χ1n) is 8.48. The molecular weight excluding hydrogens is 368 g/mol. The zero-order chi connectivity index (χ0) is 19.2. The number of amides is 2. The van der Waals surface area contributed by atoms with Crippen LogP contribution in [-0.4, -0.2) is 38.3 Å². The maximum Gasteiger partial charge on any atom is 0.258 e. The molecule has 0 N–H and O–H groups in total. The third kappa shape index (κ3) is 2.91. The Hall–Kier alpha value is -3.00. The van der Waals surface area contributed by atoms with Gasteiger partial charge < -0.3 is 4.90 Å². The zero-order valence-electron chi connectivity index (χ0n) is 14.3. The van der Waals surface area contributed by atoms with Crippen LogP contribution in [0.25, 0.3) is 0 Å². The summed E-state index contributed by atoms with van der Waals surface area (Å²) >= 11 is 0. The lowest BCUT2D eigenvalue weighted by atomic mass is 9.99. The fourth-order valence-electron chi connectivity index (χ4n) is 3.41. The second-order valence-corrected chi connectivity index (χ2v) is 8.36. The second kappa shape index (κ2) is 6.31. The van der Waals surface area contributed by atoms with E-state index in [4.69, 9.17) is 0 Å². The normalized spacial score (nSPS) is 18.5. The van der Waals surface area contributed by atoms with Crippen LogP contribution in [0.3, 0.4) is 0 Å². The number of rotatable bonds is 2. The van der Waals surface area contributed by atoms with E-state index in [0.29, 0.717) is 11.3 Å². The van der Waals surface area contributed by atoms with Gasteiger partial charge in [-0.3, -0.25) is 14.4 Å². The molecule has 0 spiro atoms. The van der Waals surface area contributed by atoms with Crippen molar-refractivity contribution in [1.82, 2.24) is 0 Å². The molecule has 0 aromatic heterocycles. The number of anilines is 2. The monoisotopic (exact) mass is 384 g/mol. The van der Waals surface area contributed by atoms with Gasteiger partial charge in [-0.1, -0.05) is 18.2 Å². The molecule has 27 heavy (non-hydrogen) atoms. The Balaban J connectivity index is 1.71. The van der Waals surface area contributed by atoms with Gasteiger partial charge in [0.2, 0.25) is 15.9 Å². The van der Waals surface area contributed by atoms with Crippen LogP contribution in [0.4, 0.5) is 11.4 Å². The molecule has 2 aliphatic rings. The molecular formula is C19H16N2O5S. The van der Waals surface area contributed by atoms with Crippen LogP contribution in [0.5, 0.6) is 0 Å². The highest BCUT2D eigenvalue weighted by Gasteiger charge is 2.36. The van der Waals surface area contributed by atoms with Crippen molar-refractivity contribution in [2.75, 3.05) is 21.5 Å². The molecule has 0 atom stereocenters. The number of hydrogen-bond acceptors (Lipinski definition) is 5. The molecule has 138 valence electrons. The molecule has 8 heteroatoms. The quantitative estimate of drug-likeness (QED) is 0.790. The van der Waals surface area contributed by atoms with E-state index in [1.807, 2.05) is 0 Å². The lowest BCUT2D eigenvalue weighted by molar-refractivity contribution is -0.116. The van der Waals surface area contributed by atoms with Crippen LogP contribution >= 0.6 is 0 Å². The summed E-state index contributed by atoms with van der Waals surface area (Å²) in [6, 6.07) is 12.9. The molecule has 7 nitrogen and oxygen atoms in total. The predicted molar refractivity (Wildman–Crippen MR) is 99.4 cm³/mol.